The molecule has 2 heterocycles. The van der Waals surface area contributed by atoms with Gasteiger partial charge in [0.1, 0.15) is 0 Å². The predicted molar refractivity (Wildman–Crippen MR) is 75.6 cm³/mol. The zero-order valence-electron chi connectivity index (χ0n) is 12.0. The summed E-state index contributed by atoms with van der Waals surface area (Å²) in [6, 6.07) is 0.229. The second kappa shape index (κ2) is 4.73. The Hall–Kier alpha value is -1.63. The van der Waals surface area contributed by atoms with Gasteiger partial charge in [0.2, 0.25) is 11.6 Å². The molecule has 3 unspecified atom stereocenters. The van der Waals surface area contributed by atoms with Crippen molar-refractivity contribution in [2.45, 2.75) is 32.2 Å². The summed E-state index contributed by atoms with van der Waals surface area (Å²) >= 11 is 0. The molecule has 1 aliphatic carbocycles. The molecule has 3 rings (SSSR count). The summed E-state index contributed by atoms with van der Waals surface area (Å²) < 4.78 is 1.82. The Morgan fingerprint density at radius 2 is 2.15 bits per heavy atom. The third kappa shape index (κ3) is 1.96. The number of hydrogen-bond acceptors (Lipinski definition) is 5. The Morgan fingerprint density at radius 3 is 2.80 bits per heavy atom. The first-order valence-corrected chi connectivity index (χ1v) is 7.17. The largest absolute Gasteiger partial charge is 0.406 e. The number of fused-ring (bicyclic) bond motifs is 1. The Morgan fingerprint density at radius 1 is 1.40 bits per heavy atom. The van der Waals surface area contributed by atoms with Gasteiger partial charge in [-0.3, -0.25) is 4.57 Å². The fraction of sp³-hybridized carbons (Fsp3) is 0.769. The number of nitro groups is 1. The molecular weight excluding hydrogens is 258 g/mol. The van der Waals surface area contributed by atoms with E-state index < -0.39 is 0 Å². The molecule has 1 aliphatic heterocycles. The van der Waals surface area contributed by atoms with Gasteiger partial charge >= 0.3 is 5.82 Å². The fourth-order valence-corrected chi connectivity index (χ4v) is 3.75. The number of rotatable bonds is 2. The topological polar surface area (TPSA) is 90.2 Å². The molecule has 1 saturated carbocycles. The van der Waals surface area contributed by atoms with Crippen LogP contribution in [0, 0.1) is 28.9 Å². The van der Waals surface area contributed by atoms with E-state index in [1.165, 1.54) is 12.8 Å². The van der Waals surface area contributed by atoms with Crippen molar-refractivity contribution in [1.29, 1.82) is 0 Å². The molecule has 1 aromatic rings. The molecule has 110 valence electrons. The molecule has 3 atom stereocenters. The van der Waals surface area contributed by atoms with E-state index >= 15 is 0 Å². The van der Waals surface area contributed by atoms with Gasteiger partial charge in [-0.05, 0) is 34.6 Å². The molecule has 0 amide bonds. The Balaban J connectivity index is 1.93. The summed E-state index contributed by atoms with van der Waals surface area (Å²) in [7, 11) is 1.84. The van der Waals surface area contributed by atoms with Gasteiger partial charge < -0.3 is 20.7 Å². The summed E-state index contributed by atoms with van der Waals surface area (Å²) in [6.07, 6.45) is 3.42. The van der Waals surface area contributed by atoms with E-state index in [4.69, 9.17) is 5.73 Å². The quantitative estimate of drug-likeness (QED) is 0.649. The van der Waals surface area contributed by atoms with Crippen molar-refractivity contribution in [3.8, 4) is 0 Å². The maximum Gasteiger partial charge on any atom is 0.406 e. The molecular formula is C13H21N5O2. The maximum absolute atomic E-state index is 11.2. The van der Waals surface area contributed by atoms with Crippen LogP contribution >= 0.6 is 0 Å². The fourth-order valence-electron chi connectivity index (χ4n) is 3.75. The van der Waals surface area contributed by atoms with E-state index in [9.17, 15) is 10.1 Å². The van der Waals surface area contributed by atoms with E-state index in [1.54, 1.807) is 6.92 Å². The van der Waals surface area contributed by atoms with E-state index in [1.807, 2.05) is 11.6 Å². The lowest BCUT2D eigenvalue weighted by atomic mass is 9.78. The summed E-state index contributed by atoms with van der Waals surface area (Å²) in [6.45, 7) is 3.47. The van der Waals surface area contributed by atoms with E-state index in [2.05, 4.69) is 9.88 Å². The molecule has 7 heteroatoms. The highest BCUT2D eigenvalue weighted by atomic mass is 16.6. The van der Waals surface area contributed by atoms with Crippen molar-refractivity contribution >= 4 is 11.6 Å². The van der Waals surface area contributed by atoms with Crippen molar-refractivity contribution in [3.63, 3.8) is 0 Å². The van der Waals surface area contributed by atoms with Crippen molar-refractivity contribution in [3.05, 3.63) is 15.9 Å². The second-order valence-corrected chi connectivity index (χ2v) is 6.05. The number of nitrogens with zero attached hydrogens (tertiary/aromatic N) is 4. The van der Waals surface area contributed by atoms with E-state index in [0.29, 0.717) is 23.5 Å². The maximum atomic E-state index is 11.2. The Kier molecular flexibility index (Phi) is 3.16. The van der Waals surface area contributed by atoms with Crippen LogP contribution in [0.25, 0.3) is 0 Å². The van der Waals surface area contributed by atoms with Crippen molar-refractivity contribution < 1.29 is 4.92 Å². The minimum Gasteiger partial charge on any atom is -0.358 e. The summed E-state index contributed by atoms with van der Waals surface area (Å²) in [4.78, 5) is 17.0. The highest BCUT2D eigenvalue weighted by Gasteiger charge is 2.42. The molecule has 1 aromatic heterocycles. The standard InChI is InChI=1S/C13H21N5O2/c1-8-15-12(18(19)20)13(16(8)2)17-6-9-4-3-5-11(14)10(9)7-17/h9-11H,3-7,14H2,1-2H3. The van der Waals surface area contributed by atoms with Crippen molar-refractivity contribution in [2.24, 2.45) is 24.6 Å². The van der Waals surface area contributed by atoms with Gasteiger partial charge in [0.05, 0.1) is 0 Å². The first-order chi connectivity index (χ1) is 9.49. The third-order valence-electron chi connectivity index (χ3n) is 4.90. The third-order valence-corrected chi connectivity index (χ3v) is 4.90. The number of imidazole rings is 1. The normalized spacial score (nSPS) is 29.6. The van der Waals surface area contributed by atoms with Crippen LogP contribution in [0.4, 0.5) is 11.6 Å². The van der Waals surface area contributed by atoms with Gasteiger partial charge in [-0.15, -0.1) is 0 Å². The first-order valence-electron chi connectivity index (χ1n) is 7.17. The predicted octanol–water partition coefficient (Wildman–Crippen LogP) is 1.20. The first kappa shape index (κ1) is 13.4. The van der Waals surface area contributed by atoms with E-state index in [0.717, 1.165) is 19.5 Å². The van der Waals surface area contributed by atoms with Crippen LogP contribution in [-0.4, -0.2) is 33.6 Å². The number of anilines is 1. The van der Waals surface area contributed by atoms with Crippen LogP contribution < -0.4 is 10.6 Å². The average molecular weight is 279 g/mol. The van der Waals surface area contributed by atoms with Crippen LogP contribution in [0.1, 0.15) is 25.1 Å². The van der Waals surface area contributed by atoms with Gasteiger partial charge in [-0.2, -0.15) is 0 Å². The van der Waals surface area contributed by atoms with Crippen LogP contribution in [0.15, 0.2) is 0 Å². The zero-order valence-corrected chi connectivity index (χ0v) is 12.0. The van der Waals surface area contributed by atoms with Gasteiger partial charge in [0, 0.05) is 33.1 Å². The monoisotopic (exact) mass is 279 g/mol. The van der Waals surface area contributed by atoms with Crippen LogP contribution in [0.3, 0.4) is 0 Å². The van der Waals surface area contributed by atoms with Crippen molar-refractivity contribution in [1.82, 2.24) is 9.55 Å². The Labute approximate surface area is 117 Å². The minimum atomic E-state index is -0.385. The molecule has 0 radical (unpaired) electrons. The molecule has 2 aliphatic rings. The minimum absolute atomic E-state index is 0.0304. The number of nitrogens with two attached hydrogens (primary N) is 1. The summed E-state index contributed by atoms with van der Waals surface area (Å²) in [5.74, 6) is 2.30. The van der Waals surface area contributed by atoms with Gasteiger partial charge in [-0.25, -0.2) is 0 Å². The Bertz CT molecular complexity index is 541. The van der Waals surface area contributed by atoms with Gasteiger partial charge in [0.15, 0.2) is 0 Å². The number of hydrogen-bond donors (Lipinski definition) is 1. The smallest absolute Gasteiger partial charge is 0.358 e. The number of aromatic nitrogens is 2. The lowest BCUT2D eigenvalue weighted by Crippen LogP contribution is -2.38. The lowest BCUT2D eigenvalue weighted by molar-refractivity contribution is -0.388. The van der Waals surface area contributed by atoms with E-state index in [-0.39, 0.29) is 16.8 Å². The molecule has 1 saturated heterocycles. The van der Waals surface area contributed by atoms with Crippen molar-refractivity contribution in [2.75, 3.05) is 18.0 Å². The number of aryl methyl sites for hydroxylation is 1. The molecule has 7 nitrogen and oxygen atoms in total. The highest BCUT2D eigenvalue weighted by molar-refractivity contribution is 5.56. The summed E-state index contributed by atoms with van der Waals surface area (Å²) in [5, 5.41) is 11.2. The van der Waals surface area contributed by atoms with Crippen LogP contribution in [-0.2, 0) is 7.05 Å². The molecule has 2 N–H and O–H groups in total. The zero-order chi connectivity index (χ0) is 14.4. The van der Waals surface area contributed by atoms with Gasteiger partial charge in [0.25, 0.3) is 0 Å². The van der Waals surface area contributed by atoms with Crippen LogP contribution in [0.2, 0.25) is 0 Å². The molecule has 2 fully saturated rings. The molecule has 0 bridgehead atoms. The highest BCUT2D eigenvalue weighted by Crippen LogP contribution is 2.40. The lowest BCUT2D eigenvalue weighted by Gasteiger charge is -2.29. The second-order valence-electron chi connectivity index (χ2n) is 6.05. The van der Waals surface area contributed by atoms with Crippen LogP contribution in [0.5, 0.6) is 0 Å². The SMILES string of the molecule is Cc1nc([N+](=O)[O-])c(N2CC3CCCC(N)C3C2)n1C. The average Bonchev–Trinajstić information content (AvgIpc) is 2.93. The summed E-state index contributed by atoms with van der Waals surface area (Å²) in [5.41, 5.74) is 6.22. The molecule has 0 spiro atoms. The van der Waals surface area contributed by atoms with Gasteiger partial charge in [-0.1, -0.05) is 6.42 Å². The molecule has 0 aromatic carbocycles. The molecule has 20 heavy (non-hydrogen) atoms.